The molecule has 0 heterocycles. The van der Waals surface area contributed by atoms with Crippen molar-refractivity contribution >= 4 is 5.84 Å². The van der Waals surface area contributed by atoms with Gasteiger partial charge in [-0.3, -0.25) is 0 Å². The molecule has 2 heteroatoms. The third-order valence-corrected chi connectivity index (χ3v) is 2.65. The van der Waals surface area contributed by atoms with Crippen LogP contribution in [-0.4, -0.2) is 5.84 Å². The van der Waals surface area contributed by atoms with Crippen molar-refractivity contribution in [1.29, 1.82) is 0 Å². The fourth-order valence-electron chi connectivity index (χ4n) is 1.71. The highest BCUT2D eigenvalue weighted by Gasteiger charge is 2.03. The monoisotopic (exact) mass is 224 g/mol. The normalized spacial score (nSPS) is 15.5. The number of aliphatic imine (C=N–C) groups is 1. The van der Waals surface area contributed by atoms with Crippen molar-refractivity contribution in [3.8, 4) is 0 Å². The van der Waals surface area contributed by atoms with Gasteiger partial charge in [0.2, 0.25) is 0 Å². The Morgan fingerprint density at radius 1 is 1.18 bits per heavy atom. The fourth-order valence-corrected chi connectivity index (χ4v) is 1.71. The minimum atomic E-state index is 0.510. The maximum absolute atomic E-state index is 5.94. The average molecular weight is 224 g/mol. The maximum Gasteiger partial charge on any atom is 0.131 e. The number of hydrogen-bond donors (Lipinski definition) is 1. The number of amidine groups is 1. The van der Waals surface area contributed by atoms with Gasteiger partial charge in [-0.25, -0.2) is 4.99 Å². The van der Waals surface area contributed by atoms with Gasteiger partial charge in [-0.2, -0.15) is 0 Å². The van der Waals surface area contributed by atoms with Crippen LogP contribution in [0.4, 0.5) is 0 Å². The predicted octanol–water partition coefficient (Wildman–Crippen LogP) is 3.18. The summed E-state index contributed by atoms with van der Waals surface area (Å²) in [6.07, 6.45) is 8.47. The summed E-state index contributed by atoms with van der Waals surface area (Å²) in [4.78, 5) is 4.35. The summed E-state index contributed by atoms with van der Waals surface area (Å²) in [5.41, 5.74) is 8.65. The Morgan fingerprint density at radius 2 is 1.94 bits per heavy atom. The van der Waals surface area contributed by atoms with E-state index >= 15 is 0 Å². The van der Waals surface area contributed by atoms with Gasteiger partial charge < -0.3 is 5.73 Å². The van der Waals surface area contributed by atoms with E-state index in [9.17, 15) is 0 Å². The molecule has 0 spiro atoms. The summed E-state index contributed by atoms with van der Waals surface area (Å²) in [6, 6.07) is 9.73. The van der Waals surface area contributed by atoms with Crippen molar-refractivity contribution in [2.24, 2.45) is 10.7 Å². The Bertz CT molecular complexity index is 493. The van der Waals surface area contributed by atoms with E-state index < -0.39 is 0 Å². The second kappa shape index (κ2) is 5.30. The van der Waals surface area contributed by atoms with Crippen molar-refractivity contribution in [3.05, 3.63) is 72.0 Å². The van der Waals surface area contributed by atoms with Crippen LogP contribution in [0.1, 0.15) is 18.4 Å². The summed E-state index contributed by atoms with van der Waals surface area (Å²) < 4.78 is 0. The molecule has 2 nitrogen and oxygen atoms in total. The van der Waals surface area contributed by atoms with Crippen molar-refractivity contribution in [2.45, 2.75) is 12.8 Å². The molecule has 0 atom stereocenters. The lowest BCUT2D eigenvalue weighted by Gasteiger charge is -2.07. The van der Waals surface area contributed by atoms with Crippen LogP contribution in [0.2, 0.25) is 0 Å². The number of nitrogens with zero attached hydrogens (tertiary/aromatic N) is 1. The molecule has 0 saturated heterocycles. The van der Waals surface area contributed by atoms with E-state index in [1.165, 1.54) is 0 Å². The van der Waals surface area contributed by atoms with Crippen molar-refractivity contribution in [2.75, 3.05) is 0 Å². The van der Waals surface area contributed by atoms with Gasteiger partial charge in [0.15, 0.2) is 0 Å². The first-order valence-electron chi connectivity index (χ1n) is 5.73. The number of hydrogen-bond acceptors (Lipinski definition) is 1. The number of nitrogens with two attached hydrogens (primary N) is 1. The predicted molar refractivity (Wildman–Crippen MR) is 72.8 cm³/mol. The molecule has 0 fully saturated rings. The molecule has 0 bridgehead atoms. The average Bonchev–Trinajstić information content (AvgIpc) is 2.40. The molecule has 1 aliphatic carbocycles. The maximum atomic E-state index is 5.94. The van der Waals surface area contributed by atoms with Crippen LogP contribution in [0.25, 0.3) is 0 Å². The Kier molecular flexibility index (Phi) is 3.55. The molecule has 17 heavy (non-hydrogen) atoms. The third-order valence-electron chi connectivity index (χ3n) is 2.65. The van der Waals surface area contributed by atoms with E-state index in [0.717, 1.165) is 29.7 Å². The fraction of sp³-hybridized carbons (Fsp3) is 0.133. The van der Waals surface area contributed by atoms with Gasteiger partial charge in [-0.05, 0) is 18.4 Å². The van der Waals surface area contributed by atoms with Gasteiger partial charge in [0.25, 0.3) is 0 Å². The molecule has 1 aliphatic rings. The highest BCUT2D eigenvalue weighted by Crippen LogP contribution is 2.17. The van der Waals surface area contributed by atoms with Gasteiger partial charge in [0.1, 0.15) is 5.84 Å². The topological polar surface area (TPSA) is 38.4 Å². The molecule has 0 amide bonds. The molecule has 0 saturated carbocycles. The van der Waals surface area contributed by atoms with Gasteiger partial charge in [0, 0.05) is 5.56 Å². The van der Waals surface area contributed by atoms with Gasteiger partial charge in [-0.15, -0.1) is 0 Å². The van der Waals surface area contributed by atoms with Crippen molar-refractivity contribution in [3.63, 3.8) is 0 Å². The van der Waals surface area contributed by atoms with E-state index in [1.807, 2.05) is 36.4 Å². The van der Waals surface area contributed by atoms with Crippen LogP contribution in [0.5, 0.6) is 0 Å². The molecular formula is C15H16N2. The van der Waals surface area contributed by atoms with Crippen molar-refractivity contribution in [1.82, 2.24) is 0 Å². The lowest BCUT2D eigenvalue weighted by molar-refractivity contribution is 1.02. The molecular weight excluding hydrogens is 208 g/mol. The van der Waals surface area contributed by atoms with E-state index in [-0.39, 0.29) is 0 Å². The minimum absolute atomic E-state index is 0.510. The largest absolute Gasteiger partial charge is 0.383 e. The Hall–Kier alpha value is -2.09. The van der Waals surface area contributed by atoms with Crippen LogP contribution in [0.3, 0.4) is 0 Å². The highest BCUT2D eigenvalue weighted by atomic mass is 14.9. The lowest BCUT2D eigenvalue weighted by Crippen LogP contribution is -2.13. The molecule has 86 valence electrons. The van der Waals surface area contributed by atoms with E-state index in [2.05, 4.69) is 23.7 Å². The third kappa shape index (κ3) is 2.94. The summed E-state index contributed by atoms with van der Waals surface area (Å²) in [6.45, 7) is 3.96. The highest BCUT2D eigenvalue weighted by molar-refractivity contribution is 5.98. The Morgan fingerprint density at radius 3 is 2.59 bits per heavy atom. The molecule has 0 aliphatic heterocycles. The van der Waals surface area contributed by atoms with E-state index in [4.69, 9.17) is 5.73 Å². The zero-order valence-electron chi connectivity index (χ0n) is 9.76. The van der Waals surface area contributed by atoms with Gasteiger partial charge >= 0.3 is 0 Å². The molecule has 2 rings (SSSR count). The Labute approximate surface area is 102 Å². The van der Waals surface area contributed by atoms with E-state index in [1.54, 1.807) is 0 Å². The first-order chi connectivity index (χ1) is 8.27. The molecule has 0 aromatic heterocycles. The lowest BCUT2D eigenvalue weighted by atomic mass is 10.1. The first-order valence-corrected chi connectivity index (χ1v) is 5.73. The van der Waals surface area contributed by atoms with Crippen LogP contribution < -0.4 is 5.73 Å². The Balaban J connectivity index is 2.17. The zero-order valence-corrected chi connectivity index (χ0v) is 9.76. The molecule has 0 unspecified atom stereocenters. The quantitative estimate of drug-likeness (QED) is 0.621. The van der Waals surface area contributed by atoms with Crippen molar-refractivity contribution < 1.29 is 0 Å². The number of benzene rings is 1. The molecule has 2 N–H and O–H groups in total. The second-order valence-corrected chi connectivity index (χ2v) is 3.95. The van der Waals surface area contributed by atoms with Crippen LogP contribution in [-0.2, 0) is 0 Å². The van der Waals surface area contributed by atoms with Crippen LogP contribution in [0, 0.1) is 0 Å². The van der Waals surface area contributed by atoms with Crippen LogP contribution >= 0.6 is 0 Å². The van der Waals surface area contributed by atoms with E-state index in [0.29, 0.717) is 5.84 Å². The zero-order chi connectivity index (χ0) is 12.1. The van der Waals surface area contributed by atoms with Crippen LogP contribution in [0.15, 0.2) is 71.4 Å². The number of rotatable bonds is 3. The smallest absolute Gasteiger partial charge is 0.131 e. The summed E-state index contributed by atoms with van der Waals surface area (Å²) in [5, 5.41) is 0. The minimum Gasteiger partial charge on any atom is -0.383 e. The van der Waals surface area contributed by atoms with Gasteiger partial charge in [-0.1, -0.05) is 55.1 Å². The molecule has 1 aromatic carbocycles. The van der Waals surface area contributed by atoms with Gasteiger partial charge in [0.05, 0.1) is 5.70 Å². The number of allylic oxidation sites excluding steroid dienone is 3. The first kappa shape index (κ1) is 11.4. The standard InChI is InChI=1S/C15H16N2/c1-12(13-8-4-2-5-9-13)17-15(16)14-10-6-3-7-11-14/h3-4,6-11H,1-2,5H2,(H2,16,17). The SMILES string of the molecule is C=C(N=C(N)c1ccccc1)C1=CCCC=C1. The second-order valence-electron chi connectivity index (χ2n) is 3.95. The molecule has 1 aromatic rings. The summed E-state index contributed by atoms with van der Waals surface area (Å²) in [7, 11) is 0. The molecule has 0 radical (unpaired) electrons. The summed E-state index contributed by atoms with van der Waals surface area (Å²) in [5.74, 6) is 0.510. The summed E-state index contributed by atoms with van der Waals surface area (Å²) >= 11 is 0.